The molecule has 2 fully saturated rings. The molecule has 1 aromatic rings. The molecule has 1 aromatic heterocycles. The van der Waals surface area contributed by atoms with Gasteiger partial charge in [0.15, 0.2) is 5.69 Å². The Morgan fingerprint density at radius 1 is 1.13 bits per heavy atom. The van der Waals surface area contributed by atoms with Gasteiger partial charge in [0.1, 0.15) is 9.84 Å². The summed E-state index contributed by atoms with van der Waals surface area (Å²) in [6.07, 6.45) is 6.03. The van der Waals surface area contributed by atoms with Crippen LogP contribution in [0.4, 0.5) is 13.2 Å². The van der Waals surface area contributed by atoms with Crippen molar-refractivity contribution >= 4 is 9.84 Å². The van der Waals surface area contributed by atoms with E-state index in [-0.39, 0.29) is 6.04 Å². The van der Waals surface area contributed by atoms with Crippen molar-refractivity contribution in [1.82, 2.24) is 14.7 Å². The van der Waals surface area contributed by atoms with Crippen molar-refractivity contribution in [2.24, 2.45) is 5.92 Å². The smallest absolute Gasteiger partial charge is 0.300 e. The van der Waals surface area contributed by atoms with Crippen LogP contribution >= 0.6 is 0 Å². The number of alkyl halides is 3. The minimum atomic E-state index is -4.33. The van der Waals surface area contributed by atoms with Crippen LogP contribution in [-0.2, 0) is 16.0 Å². The average molecular weight is 452 g/mol. The van der Waals surface area contributed by atoms with Gasteiger partial charge in [-0.1, -0.05) is 26.2 Å². The van der Waals surface area contributed by atoms with Crippen LogP contribution in [0.2, 0.25) is 0 Å². The van der Waals surface area contributed by atoms with E-state index in [0.717, 1.165) is 25.1 Å². The lowest BCUT2D eigenvalue weighted by molar-refractivity contribution is -0.141. The van der Waals surface area contributed by atoms with Gasteiger partial charge in [0.05, 0.1) is 5.75 Å². The number of aromatic nitrogens is 2. The van der Waals surface area contributed by atoms with Crippen LogP contribution in [0.15, 0.2) is 12.3 Å². The summed E-state index contributed by atoms with van der Waals surface area (Å²) in [6.45, 7) is 7.51. The van der Waals surface area contributed by atoms with Gasteiger partial charge in [-0.3, -0.25) is 4.68 Å². The summed E-state index contributed by atoms with van der Waals surface area (Å²) < 4.78 is 60.7. The molecule has 0 N–H and O–H groups in total. The second-order valence-corrected chi connectivity index (χ2v) is 11.2. The molecule has 1 aliphatic carbocycles. The quantitative estimate of drug-likeness (QED) is 0.636. The zero-order valence-electron chi connectivity index (χ0n) is 18.4. The first-order valence-corrected chi connectivity index (χ1v) is 12.9. The van der Waals surface area contributed by atoms with Crippen LogP contribution in [0.1, 0.15) is 77.5 Å². The van der Waals surface area contributed by atoms with Crippen LogP contribution < -0.4 is 0 Å². The highest BCUT2D eigenvalue weighted by Gasteiger charge is 2.33. The zero-order chi connectivity index (χ0) is 22.4. The number of likely N-dealkylation sites (tertiary alicyclic amines) is 1. The number of halogens is 3. The summed E-state index contributed by atoms with van der Waals surface area (Å²) in [6, 6.07) is 1.67. The van der Waals surface area contributed by atoms with Gasteiger partial charge in [-0.2, -0.15) is 18.3 Å². The molecule has 174 valence electrons. The Hall–Kier alpha value is -1.09. The van der Waals surface area contributed by atoms with Gasteiger partial charge >= 0.3 is 6.18 Å². The van der Waals surface area contributed by atoms with E-state index in [1.165, 1.54) is 55.9 Å². The van der Waals surface area contributed by atoms with E-state index in [1.807, 2.05) is 0 Å². The van der Waals surface area contributed by atoms with E-state index in [4.69, 9.17) is 0 Å². The molecule has 3 rings (SSSR count). The molecule has 1 saturated heterocycles. The lowest BCUT2D eigenvalue weighted by Crippen LogP contribution is -2.45. The summed E-state index contributed by atoms with van der Waals surface area (Å²) in [5, 5.41) is 3.37. The van der Waals surface area contributed by atoms with Crippen LogP contribution in [0.25, 0.3) is 0 Å². The number of piperidine rings is 1. The Balaban J connectivity index is 0.000000232. The maximum Gasteiger partial charge on any atom is 0.435 e. The number of hydrogen-bond acceptors (Lipinski definition) is 4. The Labute approximate surface area is 178 Å². The third-order valence-corrected chi connectivity index (χ3v) is 7.86. The third kappa shape index (κ3) is 7.87. The molecular weight excluding hydrogens is 415 g/mol. The van der Waals surface area contributed by atoms with Crippen molar-refractivity contribution in [2.75, 3.05) is 24.6 Å². The van der Waals surface area contributed by atoms with Crippen molar-refractivity contribution in [1.29, 1.82) is 0 Å². The van der Waals surface area contributed by atoms with Crippen molar-refractivity contribution in [3.63, 3.8) is 0 Å². The normalized spacial score (nSPS) is 22.0. The molecule has 1 aliphatic heterocycles. The van der Waals surface area contributed by atoms with Gasteiger partial charge in [-0.25, -0.2) is 8.42 Å². The van der Waals surface area contributed by atoms with Gasteiger partial charge in [0.2, 0.25) is 0 Å². The maximum atomic E-state index is 12.0. The number of nitrogens with zero attached hydrogens (tertiary/aromatic N) is 3. The first kappa shape index (κ1) is 25.2. The lowest BCUT2D eigenvalue weighted by atomic mass is 9.91. The van der Waals surface area contributed by atoms with Crippen molar-refractivity contribution in [3.8, 4) is 0 Å². The first-order valence-electron chi connectivity index (χ1n) is 11.1. The van der Waals surface area contributed by atoms with E-state index < -0.39 is 21.7 Å². The predicted molar refractivity (Wildman–Crippen MR) is 113 cm³/mol. The monoisotopic (exact) mass is 451 g/mol. The molecule has 1 saturated carbocycles. The van der Waals surface area contributed by atoms with Gasteiger partial charge in [-0.05, 0) is 58.1 Å². The molecule has 5 nitrogen and oxygen atoms in total. The van der Waals surface area contributed by atoms with Crippen LogP contribution in [0, 0.1) is 5.92 Å². The van der Waals surface area contributed by atoms with Crippen molar-refractivity contribution in [2.45, 2.75) is 84.0 Å². The molecule has 9 heteroatoms. The third-order valence-electron chi connectivity index (χ3n) is 6.00. The van der Waals surface area contributed by atoms with Gasteiger partial charge < -0.3 is 4.90 Å². The first-order chi connectivity index (χ1) is 14.0. The average Bonchev–Trinajstić information content (AvgIpc) is 3.20. The lowest BCUT2D eigenvalue weighted by Gasteiger charge is -2.40. The molecule has 2 aliphatic rings. The molecule has 30 heavy (non-hydrogen) atoms. The highest BCUT2D eigenvalue weighted by molar-refractivity contribution is 7.91. The van der Waals surface area contributed by atoms with Crippen LogP contribution in [-0.4, -0.2) is 53.7 Å². The number of sulfone groups is 1. The Bertz CT molecular complexity index is 741. The van der Waals surface area contributed by atoms with Crippen molar-refractivity contribution in [3.05, 3.63) is 18.0 Å². The Morgan fingerprint density at radius 2 is 1.80 bits per heavy atom. The second kappa shape index (κ2) is 11.0. The minimum absolute atomic E-state index is 0.0406. The van der Waals surface area contributed by atoms with Crippen LogP contribution in [0.3, 0.4) is 0 Å². The molecule has 0 radical (unpaired) electrons. The summed E-state index contributed by atoms with van der Waals surface area (Å²) in [7, 11) is -2.80. The molecule has 0 bridgehead atoms. The molecule has 0 amide bonds. The molecule has 1 atom stereocenters. The fraction of sp³-hybridized carbons (Fsp3) is 0.857. The molecule has 0 aromatic carbocycles. The summed E-state index contributed by atoms with van der Waals surface area (Å²) >= 11 is 0. The summed E-state index contributed by atoms with van der Waals surface area (Å²) in [5.41, 5.74) is -0.837. The van der Waals surface area contributed by atoms with E-state index in [1.54, 1.807) is 20.8 Å². The largest absolute Gasteiger partial charge is 0.435 e. The predicted octanol–water partition coefficient (Wildman–Crippen LogP) is 4.95. The van der Waals surface area contributed by atoms with Crippen molar-refractivity contribution < 1.29 is 21.6 Å². The van der Waals surface area contributed by atoms with Gasteiger partial charge in [0, 0.05) is 30.6 Å². The molecular formula is C21H36F3N3O2S. The summed E-state index contributed by atoms with van der Waals surface area (Å²) in [5.74, 6) is 1.09. The van der Waals surface area contributed by atoms with E-state index in [2.05, 4.69) is 10.00 Å². The molecule has 0 unspecified atom stereocenters. The minimum Gasteiger partial charge on any atom is -0.300 e. The van der Waals surface area contributed by atoms with E-state index in [0.29, 0.717) is 17.4 Å². The fourth-order valence-corrected chi connectivity index (χ4v) is 5.49. The topological polar surface area (TPSA) is 55.2 Å². The highest BCUT2D eigenvalue weighted by atomic mass is 32.2. The van der Waals surface area contributed by atoms with Gasteiger partial charge in [-0.15, -0.1) is 0 Å². The number of rotatable bonds is 5. The van der Waals surface area contributed by atoms with Gasteiger partial charge in [0.25, 0.3) is 0 Å². The Kier molecular flexibility index (Phi) is 9.21. The molecule has 0 spiro atoms. The Morgan fingerprint density at radius 3 is 2.30 bits per heavy atom. The fourth-order valence-electron chi connectivity index (χ4n) is 4.26. The highest BCUT2D eigenvalue weighted by Crippen LogP contribution is 2.28. The summed E-state index contributed by atoms with van der Waals surface area (Å²) in [4.78, 5) is 2.58. The number of hydrogen-bond donors (Lipinski definition) is 0. The van der Waals surface area contributed by atoms with Crippen LogP contribution in [0.5, 0.6) is 0 Å². The SMILES string of the molecule is CC(C)n1ccc(C(F)(F)F)n1.CCS(=O)(=O)C[C@@H]1CCCN(C2CCCCC2)C1. The maximum absolute atomic E-state index is 12.0. The standard InChI is InChI=1S/C14H27NO2S.C7H9F3N2/c1-2-18(16,17)12-13-7-6-10-15(11-13)14-8-4-3-5-9-14;1-5(2)12-4-3-6(11-12)7(8,9)10/h13-14H,2-12H2,1H3;3-5H,1-2H3/t13-;/m1./s1. The van der Waals surface area contributed by atoms with E-state index >= 15 is 0 Å². The second-order valence-electron chi connectivity index (χ2n) is 8.77. The van der Waals surface area contributed by atoms with E-state index in [9.17, 15) is 21.6 Å². The molecule has 2 heterocycles. The zero-order valence-corrected chi connectivity index (χ0v) is 19.2.